The molecule has 0 bridgehead atoms. The van der Waals surface area contributed by atoms with Crippen molar-refractivity contribution >= 4 is 10.0 Å². The van der Waals surface area contributed by atoms with Gasteiger partial charge < -0.3 is 4.98 Å². The predicted octanol–water partition coefficient (Wildman–Crippen LogP) is -0.371. The van der Waals surface area contributed by atoms with Crippen LogP contribution in [0, 0.1) is 0 Å². The number of aryl methyl sites for hydroxylation is 1. The van der Waals surface area contributed by atoms with E-state index in [1.807, 2.05) is 6.20 Å². The molecule has 0 unspecified atom stereocenters. The standard InChI is InChI=1S/C11H14N4O3S/c1-15-8-9(6-13-15)2-5-14-19(17,18)11-7-12-4-3-10(11)16/h3-4,6-8,14H,2,5H2,1H3,(H,12,16). The second kappa shape index (κ2) is 5.37. The highest BCUT2D eigenvalue weighted by atomic mass is 32.2. The van der Waals surface area contributed by atoms with Crippen molar-refractivity contribution in [2.75, 3.05) is 6.54 Å². The van der Waals surface area contributed by atoms with Crippen molar-refractivity contribution in [1.82, 2.24) is 19.5 Å². The van der Waals surface area contributed by atoms with Gasteiger partial charge in [-0.05, 0) is 12.0 Å². The second-order valence-electron chi connectivity index (χ2n) is 4.04. The number of hydrogen-bond donors (Lipinski definition) is 2. The maximum Gasteiger partial charge on any atom is 0.245 e. The Labute approximate surface area is 110 Å². The van der Waals surface area contributed by atoms with Gasteiger partial charge in [0.25, 0.3) is 0 Å². The fourth-order valence-electron chi connectivity index (χ4n) is 1.62. The minimum absolute atomic E-state index is 0.211. The lowest BCUT2D eigenvalue weighted by atomic mass is 10.3. The third-order valence-corrected chi connectivity index (χ3v) is 4.02. The lowest BCUT2D eigenvalue weighted by Crippen LogP contribution is -2.29. The van der Waals surface area contributed by atoms with E-state index in [2.05, 4.69) is 14.8 Å². The number of aromatic nitrogens is 3. The van der Waals surface area contributed by atoms with Crippen LogP contribution in [0.1, 0.15) is 5.56 Å². The number of aromatic amines is 1. The summed E-state index contributed by atoms with van der Waals surface area (Å²) in [5, 5.41) is 3.99. The Kier molecular flexibility index (Phi) is 3.82. The van der Waals surface area contributed by atoms with E-state index >= 15 is 0 Å². The fraction of sp³-hybridized carbons (Fsp3) is 0.273. The van der Waals surface area contributed by atoms with Crippen molar-refractivity contribution in [3.8, 4) is 0 Å². The minimum Gasteiger partial charge on any atom is -0.366 e. The number of rotatable bonds is 5. The molecule has 8 heteroatoms. The Morgan fingerprint density at radius 3 is 2.89 bits per heavy atom. The molecule has 0 amide bonds. The van der Waals surface area contributed by atoms with Gasteiger partial charge in [0.05, 0.1) is 6.20 Å². The molecule has 0 spiro atoms. The van der Waals surface area contributed by atoms with Crippen LogP contribution >= 0.6 is 0 Å². The van der Waals surface area contributed by atoms with E-state index in [1.54, 1.807) is 17.9 Å². The van der Waals surface area contributed by atoms with Crippen molar-refractivity contribution in [3.63, 3.8) is 0 Å². The lowest BCUT2D eigenvalue weighted by molar-refractivity contribution is 0.580. The second-order valence-corrected chi connectivity index (χ2v) is 5.78. The lowest BCUT2D eigenvalue weighted by Gasteiger charge is -2.04. The van der Waals surface area contributed by atoms with Crippen LogP contribution in [0.25, 0.3) is 0 Å². The number of nitrogens with zero attached hydrogens (tertiary/aromatic N) is 2. The van der Waals surface area contributed by atoms with Crippen LogP contribution in [0.2, 0.25) is 0 Å². The van der Waals surface area contributed by atoms with E-state index in [4.69, 9.17) is 0 Å². The molecule has 19 heavy (non-hydrogen) atoms. The Morgan fingerprint density at radius 2 is 2.26 bits per heavy atom. The van der Waals surface area contributed by atoms with Crippen LogP contribution in [-0.4, -0.2) is 29.7 Å². The first-order valence-electron chi connectivity index (χ1n) is 5.63. The molecule has 0 saturated heterocycles. The number of hydrogen-bond acceptors (Lipinski definition) is 4. The minimum atomic E-state index is -3.78. The molecule has 0 atom stereocenters. The van der Waals surface area contributed by atoms with Gasteiger partial charge in [0, 0.05) is 38.2 Å². The van der Waals surface area contributed by atoms with Crippen LogP contribution in [0.3, 0.4) is 0 Å². The molecular formula is C11H14N4O3S. The van der Waals surface area contributed by atoms with Gasteiger partial charge in [-0.3, -0.25) is 9.48 Å². The Hall–Kier alpha value is -1.93. The van der Waals surface area contributed by atoms with E-state index in [-0.39, 0.29) is 11.4 Å². The predicted molar refractivity (Wildman–Crippen MR) is 69.2 cm³/mol. The van der Waals surface area contributed by atoms with Crippen molar-refractivity contribution in [2.24, 2.45) is 7.05 Å². The van der Waals surface area contributed by atoms with Crippen LogP contribution < -0.4 is 10.2 Å². The average Bonchev–Trinajstić information content (AvgIpc) is 2.75. The van der Waals surface area contributed by atoms with Crippen molar-refractivity contribution in [1.29, 1.82) is 0 Å². The molecule has 0 radical (unpaired) electrons. The van der Waals surface area contributed by atoms with Gasteiger partial charge in [-0.15, -0.1) is 0 Å². The molecule has 0 saturated carbocycles. The van der Waals surface area contributed by atoms with Gasteiger partial charge >= 0.3 is 0 Å². The van der Waals surface area contributed by atoms with Gasteiger partial charge in [0.2, 0.25) is 15.5 Å². The van der Waals surface area contributed by atoms with Crippen LogP contribution in [0.15, 0.2) is 40.5 Å². The summed E-state index contributed by atoms with van der Waals surface area (Å²) < 4.78 is 27.8. The van der Waals surface area contributed by atoms with Crippen molar-refractivity contribution in [3.05, 3.63) is 46.6 Å². The van der Waals surface area contributed by atoms with Crippen LogP contribution in [0.5, 0.6) is 0 Å². The quantitative estimate of drug-likeness (QED) is 0.782. The summed E-state index contributed by atoms with van der Waals surface area (Å²) in [4.78, 5) is 13.8. The van der Waals surface area contributed by atoms with E-state index < -0.39 is 15.5 Å². The number of pyridine rings is 1. The zero-order valence-corrected chi connectivity index (χ0v) is 11.1. The van der Waals surface area contributed by atoms with E-state index in [9.17, 15) is 13.2 Å². The molecule has 2 heterocycles. The van der Waals surface area contributed by atoms with Crippen molar-refractivity contribution in [2.45, 2.75) is 11.3 Å². The summed E-state index contributed by atoms with van der Waals surface area (Å²) in [6.45, 7) is 0.211. The summed E-state index contributed by atoms with van der Waals surface area (Å²) >= 11 is 0. The monoisotopic (exact) mass is 282 g/mol. The highest BCUT2D eigenvalue weighted by Crippen LogP contribution is 2.01. The maximum absolute atomic E-state index is 11.9. The Morgan fingerprint density at radius 1 is 1.47 bits per heavy atom. The molecule has 7 nitrogen and oxygen atoms in total. The molecule has 0 aliphatic carbocycles. The highest BCUT2D eigenvalue weighted by molar-refractivity contribution is 7.89. The highest BCUT2D eigenvalue weighted by Gasteiger charge is 2.16. The number of sulfonamides is 1. The van der Waals surface area contributed by atoms with Gasteiger partial charge in [-0.2, -0.15) is 5.10 Å². The number of nitrogens with one attached hydrogen (secondary N) is 2. The Bertz CT molecular complexity index is 717. The molecule has 2 aromatic rings. The molecule has 0 aliphatic rings. The SMILES string of the molecule is Cn1cc(CCNS(=O)(=O)c2c[nH]ccc2=O)cn1. The summed E-state index contributed by atoms with van der Waals surface area (Å²) in [5.74, 6) is 0. The first-order valence-corrected chi connectivity index (χ1v) is 7.11. The van der Waals surface area contributed by atoms with Gasteiger partial charge in [-0.1, -0.05) is 0 Å². The molecular weight excluding hydrogens is 268 g/mol. The third kappa shape index (κ3) is 3.30. The molecule has 2 rings (SSSR count). The van der Waals surface area contributed by atoms with E-state index in [0.717, 1.165) is 5.56 Å². The molecule has 0 fully saturated rings. The average molecular weight is 282 g/mol. The van der Waals surface area contributed by atoms with Crippen molar-refractivity contribution < 1.29 is 8.42 Å². The molecule has 2 N–H and O–H groups in total. The first kappa shape index (κ1) is 13.5. The van der Waals surface area contributed by atoms with Crippen LogP contribution in [0.4, 0.5) is 0 Å². The summed E-state index contributed by atoms with van der Waals surface area (Å²) in [6, 6.07) is 1.18. The maximum atomic E-state index is 11.9. The molecule has 0 aliphatic heterocycles. The fourth-order valence-corrected chi connectivity index (χ4v) is 2.70. The summed E-state index contributed by atoms with van der Waals surface area (Å²) in [7, 11) is -1.99. The largest absolute Gasteiger partial charge is 0.366 e. The van der Waals surface area contributed by atoms with Gasteiger partial charge in [0.1, 0.15) is 4.90 Å². The molecule has 0 aromatic carbocycles. The zero-order chi connectivity index (χ0) is 13.9. The molecule has 102 valence electrons. The normalized spacial score (nSPS) is 11.6. The van der Waals surface area contributed by atoms with Gasteiger partial charge in [-0.25, -0.2) is 13.1 Å². The molecule has 2 aromatic heterocycles. The topological polar surface area (TPSA) is 96.9 Å². The summed E-state index contributed by atoms with van der Waals surface area (Å²) in [5.41, 5.74) is 0.389. The Balaban J connectivity index is 2.03. The first-order chi connectivity index (χ1) is 8.99. The van der Waals surface area contributed by atoms with E-state index in [1.165, 1.54) is 18.5 Å². The smallest absolute Gasteiger partial charge is 0.245 e. The van der Waals surface area contributed by atoms with Crippen LogP contribution in [-0.2, 0) is 23.5 Å². The zero-order valence-electron chi connectivity index (χ0n) is 10.3. The van der Waals surface area contributed by atoms with Gasteiger partial charge in [0.15, 0.2) is 0 Å². The van der Waals surface area contributed by atoms with E-state index in [0.29, 0.717) is 6.42 Å². The summed E-state index contributed by atoms with van der Waals surface area (Å²) in [6.07, 6.45) is 6.55. The third-order valence-electron chi connectivity index (χ3n) is 2.54. The number of H-pyrrole nitrogens is 1.